The summed E-state index contributed by atoms with van der Waals surface area (Å²) in [6.45, 7) is 5.90. The number of ether oxygens (including phenoxy) is 1. The van der Waals surface area contributed by atoms with Gasteiger partial charge in [-0.1, -0.05) is 23.7 Å². The van der Waals surface area contributed by atoms with Gasteiger partial charge in [0.05, 0.1) is 12.8 Å². The van der Waals surface area contributed by atoms with E-state index in [-0.39, 0.29) is 5.56 Å². The first-order valence-electron chi connectivity index (χ1n) is 9.65. The number of fused-ring (bicyclic) bond motifs is 1. The Morgan fingerprint density at radius 3 is 2.47 bits per heavy atom. The van der Waals surface area contributed by atoms with Gasteiger partial charge in [-0.3, -0.25) is 4.79 Å². The molecule has 0 saturated carbocycles. The number of methoxy groups -OCH3 is 1. The molecule has 4 aromatic rings. The Hall–Kier alpha value is -2.94. The Balaban J connectivity index is 1.75. The van der Waals surface area contributed by atoms with Crippen molar-refractivity contribution in [2.24, 2.45) is 0 Å². The quantitative estimate of drug-likeness (QED) is 0.334. The number of nitrogens with zero attached hydrogens (tertiary/aromatic N) is 1. The maximum absolute atomic E-state index is 13.2. The number of hydrogen-bond acceptors (Lipinski definition) is 7. The predicted octanol–water partition coefficient (Wildman–Crippen LogP) is 6.22. The van der Waals surface area contributed by atoms with Gasteiger partial charge in [-0.2, -0.15) is 0 Å². The van der Waals surface area contributed by atoms with Gasteiger partial charge in [-0.25, -0.2) is 9.78 Å². The van der Waals surface area contributed by atoms with Gasteiger partial charge in [0.25, 0.3) is 5.91 Å². The maximum atomic E-state index is 13.2. The lowest BCUT2D eigenvalue weighted by Gasteiger charge is -2.08. The number of thiophene rings is 2. The van der Waals surface area contributed by atoms with Crippen molar-refractivity contribution in [3.8, 4) is 11.1 Å². The molecular formula is C23H20ClN3O3S2. The molecule has 32 heavy (non-hydrogen) atoms. The molecule has 4 rings (SSSR count). The first kappa shape index (κ1) is 22.3. The monoisotopic (exact) mass is 485 g/mol. The van der Waals surface area contributed by atoms with E-state index in [0.29, 0.717) is 26.2 Å². The summed E-state index contributed by atoms with van der Waals surface area (Å²) in [5, 5.41) is 6.43. The van der Waals surface area contributed by atoms with Gasteiger partial charge in [0.1, 0.15) is 20.3 Å². The van der Waals surface area contributed by atoms with E-state index in [1.165, 1.54) is 29.8 Å². The van der Waals surface area contributed by atoms with Crippen molar-refractivity contribution in [2.75, 3.05) is 18.2 Å². The fraction of sp³-hybridized carbons (Fsp3) is 0.174. The van der Waals surface area contributed by atoms with Gasteiger partial charge in [-0.15, -0.1) is 22.7 Å². The van der Waals surface area contributed by atoms with Crippen LogP contribution in [0.1, 0.15) is 36.9 Å². The highest BCUT2D eigenvalue weighted by molar-refractivity contribution is 7.21. The number of aryl methyl sites for hydroxylation is 2. The molecule has 0 fully saturated rings. The van der Waals surface area contributed by atoms with Crippen LogP contribution in [0.4, 0.5) is 10.7 Å². The number of nitrogen functional groups attached to an aromatic ring is 1. The molecule has 6 nitrogen and oxygen atoms in total. The molecule has 0 unspecified atom stereocenters. The largest absolute Gasteiger partial charge is 0.465 e. The summed E-state index contributed by atoms with van der Waals surface area (Å²) in [4.78, 5) is 31.4. The Morgan fingerprint density at radius 1 is 1.12 bits per heavy atom. The van der Waals surface area contributed by atoms with Gasteiger partial charge in [0.2, 0.25) is 0 Å². The Kier molecular flexibility index (Phi) is 5.94. The summed E-state index contributed by atoms with van der Waals surface area (Å²) in [7, 11) is 1.31. The van der Waals surface area contributed by atoms with Crippen LogP contribution in [0.25, 0.3) is 21.3 Å². The third-order valence-electron chi connectivity index (χ3n) is 5.45. The first-order chi connectivity index (χ1) is 15.2. The fourth-order valence-electron chi connectivity index (χ4n) is 3.49. The van der Waals surface area contributed by atoms with E-state index in [1.54, 1.807) is 17.5 Å². The third-order valence-corrected chi connectivity index (χ3v) is 7.69. The topological polar surface area (TPSA) is 94.3 Å². The van der Waals surface area contributed by atoms with E-state index in [4.69, 9.17) is 22.1 Å². The molecule has 1 aromatic carbocycles. The summed E-state index contributed by atoms with van der Waals surface area (Å²) in [5.74, 6) is -0.936. The van der Waals surface area contributed by atoms with Gasteiger partial charge >= 0.3 is 5.97 Å². The van der Waals surface area contributed by atoms with Crippen molar-refractivity contribution in [1.82, 2.24) is 4.98 Å². The van der Waals surface area contributed by atoms with Crippen molar-refractivity contribution in [2.45, 2.75) is 20.8 Å². The highest BCUT2D eigenvalue weighted by atomic mass is 35.5. The van der Waals surface area contributed by atoms with Gasteiger partial charge in [0.15, 0.2) is 0 Å². The van der Waals surface area contributed by atoms with E-state index in [2.05, 4.69) is 10.3 Å². The Morgan fingerprint density at radius 2 is 1.81 bits per heavy atom. The summed E-state index contributed by atoms with van der Waals surface area (Å²) in [6.07, 6.45) is 0. The molecule has 3 N–H and O–H groups in total. The van der Waals surface area contributed by atoms with Crippen LogP contribution in [-0.2, 0) is 4.74 Å². The van der Waals surface area contributed by atoms with E-state index < -0.39 is 11.9 Å². The fourth-order valence-corrected chi connectivity index (χ4v) is 5.67. The molecule has 0 aliphatic heterocycles. The van der Waals surface area contributed by atoms with E-state index in [9.17, 15) is 9.59 Å². The van der Waals surface area contributed by atoms with Gasteiger partial charge < -0.3 is 15.8 Å². The second-order valence-corrected chi connectivity index (χ2v) is 9.59. The molecule has 0 atom stereocenters. The normalized spacial score (nSPS) is 11.0. The number of aromatic nitrogens is 1. The number of pyridine rings is 1. The molecule has 0 spiro atoms. The lowest BCUT2D eigenvalue weighted by molar-refractivity contribution is 0.0603. The molecule has 9 heteroatoms. The maximum Gasteiger partial charge on any atom is 0.341 e. The summed E-state index contributed by atoms with van der Waals surface area (Å²) < 4.78 is 4.98. The van der Waals surface area contributed by atoms with E-state index in [1.807, 2.05) is 32.9 Å². The molecule has 0 aliphatic rings. The molecule has 164 valence electrons. The molecule has 0 bridgehead atoms. The van der Waals surface area contributed by atoms with Crippen molar-refractivity contribution in [3.05, 3.63) is 61.9 Å². The summed E-state index contributed by atoms with van der Waals surface area (Å²) in [6, 6.07) is 7.10. The minimum absolute atomic E-state index is 0.286. The number of carbonyl (C=O) groups is 2. The lowest BCUT2D eigenvalue weighted by Crippen LogP contribution is -2.14. The molecule has 3 aromatic heterocycles. The smallest absolute Gasteiger partial charge is 0.341 e. The predicted molar refractivity (Wildman–Crippen MR) is 132 cm³/mol. The first-order valence-corrected chi connectivity index (χ1v) is 11.7. The average Bonchev–Trinajstić information content (AvgIpc) is 3.33. The number of carbonyl (C=O) groups excluding carboxylic acids is 2. The minimum atomic E-state index is -0.542. The minimum Gasteiger partial charge on any atom is -0.465 e. The number of benzene rings is 1. The molecule has 0 aliphatic carbocycles. The highest BCUT2D eigenvalue weighted by Crippen LogP contribution is 2.39. The number of hydrogen-bond donors (Lipinski definition) is 2. The van der Waals surface area contributed by atoms with Crippen LogP contribution in [0.15, 0.2) is 29.6 Å². The highest BCUT2D eigenvalue weighted by Gasteiger charge is 2.25. The van der Waals surface area contributed by atoms with Crippen LogP contribution in [0.3, 0.4) is 0 Å². The van der Waals surface area contributed by atoms with Crippen LogP contribution in [-0.4, -0.2) is 24.0 Å². The number of nitrogens with two attached hydrogens (primary N) is 1. The number of anilines is 2. The average molecular weight is 486 g/mol. The third kappa shape index (κ3) is 3.74. The van der Waals surface area contributed by atoms with Crippen molar-refractivity contribution in [3.63, 3.8) is 0 Å². The zero-order chi connectivity index (χ0) is 23.2. The van der Waals surface area contributed by atoms with E-state index >= 15 is 0 Å². The number of nitrogens with one attached hydrogen (secondary N) is 1. The lowest BCUT2D eigenvalue weighted by atomic mass is 10.0. The zero-order valence-corrected chi connectivity index (χ0v) is 20.2. The number of esters is 1. The van der Waals surface area contributed by atoms with Crippen molar-refractivity contribution >= 4 is 67.1 Å². The summed E-state index contributed by atoms with van der Waals surface area (Å²) >= 11 is 8.47. The van der Waals surface area contributed by atoms with Crippen molar-refractivity contribution < 1.29 is 14.3 Å². The SMILES string of the molecule is COC(=O)c1c(-c2ccc(Cl)cc2)csc1NC(=O)c1sc2nc(C)c(C)c(C)c2c1N. The number of amides is 1. The second-order valence-electron chi connectivity index (χ2n) is 7.28. The zero-order valence-electron chi connectivity index (χ0n) is 17.8. The Bertz CT molecular complexity index is 1370. The van der Waals surface area contributed by atoms with Crippen molar-refractivity contribution in [1.29, 1.82) is 0 Å². The second kappa shape index (κ2) is 8.54. The van der Waals surface area contributed by atoms with Crippen LogP contribution >= 0.6 is 34.3 Å². The summed E-state index contributed by atoms with van der Waals surface area (Å²) in [5.41, 5.74) is 11.4. The van der Waals surface area contributed by atoms with Crippen LogP contribution in [0.5, 0.6) is 0 Å². The number of rotatable bonds is 4. The van der Waals surface area contributed by atoms with E-state index in [0.717, 1.165) is 32.6 Å². The van der Waals surface area contributed by atoms with Gasteiger partial charge in [-0.05, 0) is 49.6 Å². The molecule has 0 radical (unpaired) electrons. The van der Waals surface area contributed by atoms with Crippen LogP contribution in [0, 0.1) is 20.8 Å². The molecule has 0 saturated heterocycles. The van der Waals surface area contributed by atoms with Crippen LogP contribution in [0.2, 0.25) is 5.02 Å². The molecule has 3 heterocycles. The molecular weight excluding hydrogens is 466 g/mol. The van der Waals surface area contributed by atoms with Gasteiger partial charge in [0, 0.05) is 27.0 Å². The standard InChI is InChI=1S/C23H20ClN3O3S2/c1-10-11(2)16-18(25)19(32-22(16)26-12(10)3)20(28)27-21-17(23(29)30-4)15(9-31-21)13-5-7-14(24)8-6-13/h5-9H,25H2,1-4H3,(H,27,28). The Labute approximate surface area is 198 Å². The van der Waals surface area contributed by atoms with Crippen LogP contribution < -0.4 is 11.1 Å². The number of halogens is 1. The molecule has 1 amide bonds.